The Bertz CT molecular complexity index is 505. The van der Waals surface area contributed by atoms with Gasteiger partial charge in [-0.25, -0.2) is 14.6 Å². The molecule has 0 aromatic carbocycles. The van der Waals surface area contributed by atoms with E-state index in [9.17, 15) is 17.6 Å². The molecular weight excluding hydrogens is 228 g/mol. The number of hydrogen-bond donors (Lipinski definition) is 0. The fraction of sp³-hybridized carbons (Fsp3) is 0.125. The van der Waals surface area contributed by atoms with Crippen LogP contribution in [0.3, 0.4) is 0 Å². The molecule has 0 bridgehead atoms. The zero-order valence-electron chi connectivity index (χ0n) is 7.61. The van der Waals surface area contributed by atoms with Crippen LogP contribution in [0, 0.1) is 5.95 Å². The van der Waals surface area contributed by atoms with Gasteiger partial charge in [-0.1, -0.05) is 6.07 Å². The zero-order chi connectivity index (χ0) is 11.8. The third kappa shape index (κ3) is 2.00. The van der Waals surface area contributed by atoms with E-state index < -0.39 is 17.9 Å². The highest BCUT2D eigenvalue weighted by atomic mass is 19.4. The van der Waals surface area contributed by atoms with E-state index in [4.69, 9.17) is 0 Å². The average molecular weight is 232 g/mol. The SMILES string of the molecule is Fc1cccc(-n2cnc(C(F)(F)F)n2)n1. The van der Waals surface area contributed by atoms with Gasteiger partial charge in [0.2, 0.25) is 5.95 Å². The summed E-state index contributed by atoms with van der Waals surface area (Å²) >= 11 is 0. The van der Waals surface area contributed by atoms with Gasteiger partial charge >= 0.3 is 6.18 Å². The predicted octanol–water partition coefficient (Wildman–Crippen LogP) is 1.82. The molecule has 4 nitrogen and oxygen atoms in total. The van der Waals surface area contributed by atoms with Crippen LogP contribution >= 0.6 is 0 Å². The van der Waals surface area contributed by atoms with Crippen LogP contribution in [-0.4, -0.2) is 19.7 Å². The van der Waals surface area contributed by atoms with Crippen LogP contribution in [0.1, 0.15) is 5.82 Å². The van der Waals surface area contributed by atoms with Gasteiger partial charge in [-0.2, -0.15) is 17.6 Å². The normalized spacial score (nSPS) is 11.8. The van der Waals surface area contributed by atoms with Gasteiger partial charge in [0.05, 0.1) is 0 Å². The van der Waals surface area contributed by atoms with Crippen LogP contribution < -0.4 is 0 Å². The Hall–Kier alpha value is -1.99. The molecule has 0 amide bonds. The third-order valence-electron chi connectivity index (χ3n) is 1.68. The molecule has 0 saturated carbocycles. The quantitative estimate of drug-likeness (QED) is 0.556. The molecule has 0 aliphatic heterocycles. The lowest BCUT2D eigenvalue weighted by Gasteiger charge is -2.00. The highest BCUT2D eigenvalue weighted by Crippen LogP contribution is 2.25. The molecular formula is C8H4F4N4. The summed E-state index contributed by atoms with van der Waals surface area (Å²) in [7, 11) is 0. The van der Waals surface area contributed by atoms with E-state index in [2.05, 4.69) is 15.1 Å². The van der Waals surface area contributed by atoms with E-state index in [0.717, 1.165) is 17.1 Å². The smallest absolute Gasteiger partial charge is 0.211 e. The lowest BCUT2D eigenvalue weighted by Crippen LogP contribution is -2.09. The second-order valence-corrected chi connectivity index (χ2v) is 2.83. The summed E-state index contributed by atoms with van der Waals surface area (Å²) in [4.78, 5) is 6.42. The molecule has 0 aliphatic rings. The van der Waals surface area contributed by atoms with Gasteiger partial charge in [-0.3, -0.25) is 0 Å². The third-order valence-corrected chi connectivity index (χ3v) is 1.68. The first-order valence-electron chi connectivity index (χ1n) is 4.08. The Labute approximate surface area is 86.6 Å². The summed E-state index contributed by atoms with van der Waals surface area (Å²) in [6.45, 7) is 0. The second-order valence-electron chi connectivity index (χ2n) is 2.83. The molecule has 0 N–H and O–H groups in total. The molecule has 16 heavy (non-hydrogen) atoms. The molecule has 0 spiro atoms. The van der Waals surface area contributed by atoms with Gasteiger partial charge in [0.1, 0.15) is 6.33 Å². The van der Waals surface area contributed by atoms with Gasteiger partial charge in [-0.05, 0) is 12.1 Å². The van der Waals surface area contributed by atoms with Crippen molar-refractivity contribution in [1.29, 1.82) is 0 Å². The maximum absolute atomic E-state index is 12.7. The minimum absolute atomic E-state index is 0.0667. The number of pyridine rings is 1. The fourth-order valence-corrected chi connectivity index (χ4v) is 1.03. The lowest BCUT2D eigenvalue weighted by molar-refractivity contribution is -0.144. The summed E-state index contributed by atoms with van der Waals surface area (Å²) < 4.78 is 49.9. The standard InChI is InChI=1S/C8H4F4N4/c9-5-2-1-3-6(14-5)16-4-13-7(15-16)8(10,11)12/h1-4H. The minimum atomic E-state index is -4.63. The van der Waals surface area contributed by atoms with Gasteiger partial charge < -0.3 is 0 Å². The molecule has 0 radical (unpaired) electrons. The average Bonchev–Trinajstić information content (AvgIpc) is 2.65. The zero-order valence-corrected chi connectivity index (χ0v) is 7.61. The topological polar surface area (TPSA) is 43.6 Å². The van der Waals surface area contributed by atoms with Crippen molar-refractivity contribution in [3.63, 3.8) is 0 Å². The molecule has 2 heterocycles. The van der Waals surface area contributed by atoms with E-state index in [1.165, 1.54) is 12.1 Å². The van der Waals surface area contributed by atoms with Gasteiger partial charge in [-0.15, -0.1) is 5.10 Å². The monoisotopic (exact) mass is 232 g/mol. The minimum Gasteiger partial charge on any atom is -0.211 e. The number of rotatable bonds is 1. The summed E-state index contributed by atoms with van der Waals surface area (Å²) in [5.74, 6) is -2.16. The maximum atomic E-state index is 12.7. The molecule has 2 rings (SSSR count). The van der Waals surface area contributed by atoms with Crippen molar-refractivity contribution in [3.8, 4) is 5.82 Å². The Kier molecular flexibility index (Phi) is 2.33. The highest BCUT2D eigenvalue weighted by molar-refractivity contribution is 5.19. The van der Waals surface area contributed by atoms with Crippen LogP contribution in [-0.2, 0) is 6.18 Å². The first kappa shape index (κ1) is 10.5. The van der Waals surface area contributed by atoms with Crippen LogP contribution in [0.4, 0.5) is 17.6 Å². The Balaban J connectivity index is 2.39. The predicted molar refractivity (Wildman–Crippen MR) is 44.1 cm³/mol. The number of alkyl halides is 3. The fourth-order valence-electron chi connectivity index (χ4n) is 1.03. The van der Waals surface area contributed by atoms with E-state index in [0.29, 0.717) is 0 Å². The van der Waals surface area contributed by atoms with Crippen LogP contribution in [0.25, 0.3) is 5.82 Å². The number of aromatic nitrogens is 4. The van der Waals surface area contributed by atoms with Crippen molar-refractivity contribution < 1.29 is 17.6 Å². The number of halogens is 4. The summed E-state index contributed by atoms with van der Waals surface area (Å²) in [6.07, 6.45) is -3.80. The van der Waals surface area contributed by atoms with Crippen LogP contribution in [0.5, 0.6) is 0 Å². The molecule has 0 fully saturated rings. The van der Waals surface area contributed by atoms with E-state index in [-0.39, 0.29) is 5.82 Å². The Morgan fingerprint density at radius 1 is 1.19 bits per heavy atom. The van der Waals surface area contributed by atoms with Gasteiger partial charge in [0, 0.05) is 0 Å². The van der Waals surface area contributed by atoms with E-state index in [1.807, 2.05) is 0 Å². The summed E-state index contributed by atoms with van der Waals surface area (Å²) in [5, 5.41) is 3.14. The van der Waals surface area contributed by atoms with Crippen molar-refractivity contribution in [2.75, 3.05) is 0 Å². The molecule has 0 unspecified atom stereocenters. The number of nitrogens with zero attached hydrogens (tertiary/aromatic N) is 4. The Morgan fingerprint density at radius 2 is 1.94 bits per heavy atom. The molecule has 0 aliphatic carbocycles. The first-order valence-corrected chi connectivity index (χ1v) is 4.08. The van der Waals surface area contributed by atoms with Crippen molar-refractivity contribution >= 4 is 0 Å². The molecule has 2 aromatic rings. The van der Waals surface area contributed by atoms with Crippen molar-refractivity contribution in [3.05, 3.63) is 36.3 Å². The molecule has 2 aromatic heterocycles. The largest absolute Gasteiger partial charge is 0.453 e. The Morgan fingerprint density at radius 3 is 2.50 bits per heavy atom. The van der Waals surface area contributed by atoms with Crippen molar-refractivity contribution in [1.82, 2.24) is 19.7 Å². The van der Waals surface area contributed by atoms with Crippen molar-refractivity contribution in [2.45, 2.75) is 6.18 Å². The maximum Gasteiger partial charge on any atom is 0.453 e. The van der Waals surface area contributed by atoms with Crippen LogP contribution in [0.2, 0.25) is 0 Å². The van der Waals surface area contributed by atoms with Crippen LogP contribution in [0.15, 0.2) is 24.5 Å². The number of hydrogen-bond acceptors (Lipinski definition) is 3. The lowest BCUT2D eigenvalue weighted by atomic mass is 10.4. The van der Waals surface area contributed by atoms with E-state index >= 15 is 0 Å². The first-order chi connectivity index (χ1) is 7.47. The molecule has 0 atom stereocenters. The highest BCUT2D eigenvalue weighted by Gasteiger charge is 2.35. The molecule has 0 saturated heterocycles. The molecule has 8 heteroatoms. The van der Waals surface area contributed by atoms with Gasteiger partial charge in [0.25, 0.3) is 5.82 Å². The second kappa shape index (κ2) is 3.54. The van der Waals surface area contributed by atoms with Crippen molar-refractivity contribution in [2.24, 2.45) is 0 Å². The summed E-state index contributed by atoms with van der Waals surface area (Å²) in [6, 6.07) is 3.70. The molecule has 84 valence electrons. The summed E-state index contributed by atoms with van der Waals surface area (Å²) in [5.41, 5.74) is 0. The van der Waals surface area contributed by atoms with E-state index in [1.54, 1.807) is 0 Å². The van der Waals surface area contributed by atoms with Gasteiger partial charge in [0.15, 0.2) is 5.82 Å².